The normalized spacial score (nSPS) is 27.9. The lowest BCUT2D eigenvalue weighted by atomic mass is 9.99. The van der Waals surface area contributed by atoms with Crippen LogP contribution in [-0.2, 0) is 10.2 Å². The van der Waals surface area contributed by atoms with E-state index in [0.29, 0.717) is 26.2 Å². The van der Waals surface area contributed by atoms with E-state index in [1.54, 1.807) is 4.31 Å². The molecule has 7 heteroatoms. The van der Waals surface area contributed by atoms with Gasteiger partial charge >= 0.3 is 0 Å². The smallest absolute Gasteiger partial charge is 0.281 e. The Hall–Kier alpha value is -0.660. The SMILES string of the molecule is N=C(N)C1CCCN(S(=O)(=O)N2CCCCCC2)C1. The average molecular weight is 288 g/mol. The van der Waals surface area contributed by atoms with Crippen molar-refractivity contribution >= 4 is 16.0 Å². The van der Waals surface area contributed by atoms with Crippen LogP contribution in [-0.4, -0.2) is 49.0 Å². The van der Waals surface area contributed by atoms with Crippen molar-refractivity contribution in [3.8, 4) is 0 Å². The van der Waals surface area contributed by atoms with E-state index in [1.807, 2.05) is 0 Å². The van der Waals surface area contributed by atoms with Crippen LogP contribution in [0.3, 0.4) is 0 Å². The molecule has 0 aromatic carbocycles. The highest BCUT2D eigenvalue weighted by molar-refractivity contribution is 7.86. The summed E-state index contributed by atoms with van der Waals surface area (Å²) in [5.41, 5.74) is 5.52. The summed E-state index contributed by atoms with van der Waals surface area (Å²) in [5, 5.41) is 7.51. The Morgan fingerprint density at radius 3 is 2.16 bits per heavy atom. The van der Waals surface area contributed by atoms with E-state index >= 15 is 0 Å². The van der Waals surface area contributed by atoms with E-state index in [0.717, 1.165) is 38.5 Å². The lowest BCUT2D eigenvalue weighted by Crippen LogP contribution is -2.50. The maximum absolute atomic E-state index is 12.6. The van der Waals surface area contributed by atoms with E-state index in [1.165, 1.54) is 4.31 Å². The molecule has 2 heterocycles. The van der Waals surface area contributed by atoms with Crippen LogP contribution >= 0.6 is 0 Å². The van der Waals surface area contributed by atoms with Gasteiger partial charge in [0.15, 0.2) is 0 Å². The minimum atomic E-state index is -3.36. The summed E-state index contributed by atoms with van der Waals surface area (Å²) in [6.45, 7) is 2.18. The third kappa shape index (κ3) is 3.46. The summed E-state index contributed by atoms with van der Waals surface area (Å²) < 4.78 is 28.3. The second-order valence-corrected chi connectivity index (χ2v) is 7.40. The second-order valence-electron chi connectivity index (χ2n) is 5.47. The van der Waals surface area contributed by atoms with Crippen molar-refractivity contribution in [2.24, 2.45) is 11.7 Å². The van der Waals surface area contributed by atoms with Crippen LogP contribution in [0, 0.1) is 11.3 Å². The van der Waals surface area contributed by atoms with Gasteiger partial charge in [0.2, 0.25) is 0 Å². The van der Waals surface area contributed by atoms with Gasteiger partial charge in [0.05, 0.1) is 5.84 Å². The molecule has 0 aromatic heterocycles. The predicted octanol–water partition coefficient (Wildman–Crippen LogP) is 0.755. The number of hydrogen-bond acceptors (Lipinski definition) is 3. The molecular formula is C12H24N4O2S. The second kappa shape index (κ2) is 6.19. The summed E-state index contributed by atoms with van der Waals surface area (Å²) in [5.74, 6) is -0.00808. The van der Waals surface area contributed by atoms with Crippen LogP contribution in [0.15, 0.2) is 0 Å². The van der Waals surface area contributed by atoms with E-state index < -0.39 is 10.2 Å². The van der Waals surface area contributed by atoms with Gasteiger partial charge < -0.3 is 5.73 Å². The molecule has 1 unspecified atom stereocenters. The monoisotopic (exact) mass is 288 g/mol. The van der Waals surface area contributed by atoms with Crippen molar-refractivity contribution in [2.45, 2.75) is 38.5 Å². The molecule has 2 saturated heterocycles. The highest BCUT2D eigenvalue weighted by atomic mass is 32.2. The Morgan fingerprint density at radius 2 is 1.58 bits per heavy atom. The number of nitrogens with one attached hydrogen (secondary N) is 1. The Bertz CT molecular complexity index is 415. The van der Waals surface area contributed by atoms with Gasteiger partial charge in [0.25, 0.3) is 10.2 Å². The number of piperidine rings is 1. The predicted molar refractivity (Wildman–Crippen MR) is 75.2 cm³/mol. The number of hydrogen-bond donors (Lipinski definition) is 2. The quantitative estimate of drug-likeness (QED) is 0.593. The van der Waals surface area contributed by atoms with Gasteiger partial charge in [-0.1, -0.05) is 12.8 Å². The molecule has 110 valence electrons. The molecule has 0 aliphatic carbocycles. The van der Waals surface area contributed by atoms with Gasteiger partial charge in [-0.2, -0.15) is 17.0 Å². The lowest BCUT2D eigenvalue weighted by molar-refractivity contribution is 0.280. The number of rotatable bonds is 3. The fourth-order valence-corrected chi connectivity index (χ4v) is 4.62. The standard InChI is InChI=1S/C12H24N4O2S/c13-12(14)11-6-5-9-16(10-11)19(17,18)15-7-3-1-2-4-8-15/h11H,1-10H2,(H3,13,14). The molecule has 3 N–H and O–H groups in total. The Kier molecular flexibility index (Phi) is 4.81. The molecule has 2 aliphatic heterocycles. The molecule has 0 bridgehead atoms. The maximum atomic E-state index is 12.6. The number of amidine groups is 1. The zero-order valence-corrected chi connectivity index (χ0v) is 12.2. The van der Waals surface area contributed by atoms with E-state index in [4.69, 9.17) is 11.1 Å². The van der Waals surface area contributed by atoms with Crippen molar-refractivity contribution in [1.82, 2.24) is 8.61 Å². The van der Waals surface area contributed by atoms with E-state index in [2.05, 4.69) is 0 Å². The topological polar surface area (TPSA) is 90.5 Å². The highest BCUT2D eigenvalue weighted by Gasteiger charge is 2.34. The van der Waals surface area contributed by atoms with Gasteiger partial charge in [0, 0.05) is 32.1 Å². The molecule has 0 spiro atoms. The average Bonchev–Trinajstić information content (AvgIpc) is 2.68. The molecular weight excluding hydrogens is 264 g/mol. The molecule has 2 rings (SSSR count). The molecule has 2 fully saturated rings. The maximum Gasteiger partial charge on any atom is 0.281 e. The third-order valence-corrected chi connectivity index (χ3v) is 6.04. The highest BCUT2D eigenvalue weighted by Crippen LogP contribution is 2.23. The summed E-state index contributed by atoms with van der Waals surface area (Å²) in [6, 6.07) is 0. The molecule has 0 aromatic rings. The zero-order chi connectivity index (χ0) is 13.9. The lowest BCUT2D eigenvalue weighted by Gasteiger charge is -2.34. The summed E-state index contributed by atoms with van der Waals surface area (Å²) in [4.78, 5) is 0. The van der Waals surface area contributed by atoms with Gasteiger partial charge in [-0.05, 0) is 25.7 Å². The van der Waals surface area contributed by atoms with E-state index in [9.17, 15) is 8.42 Å². The zero-order valence-electron chi connectivity index (χ0n) is 11.3. The van der Waals surface area contributed by atoms with Crippen LogP contribution in [0.1, 0.15) is 38.5 Å². The van der Waals surface area contributed by atoms with E-state index in [-0.39, 0.29) is 11.8 Å². The van der Waals surface area contributed by atoms with Crippen LogP contribution in [0.25, 0.3) is 0 Å². The van der Waals surface area contributed by atoms with Crippen molar-refractivity contribution in [3.63, 3.8) is 0 Å². The molecule has 0 amide bonds. The first-order valence-electron chi connectivity index (χ1n) is 7.11. The van der Waals surface area contributed by atoms with Gasteiger partial charge in [-0.25, -0.2) is 0 Å². The van der Waals surface area contributed by atoms with Gasteiger partial charge in [-0.3, -0.25) is 5.41 Å². The van der Waals surface area contributed by atoms with Crippen LogP contribution in [0.4, 0.5) is 0 Å². The number of nitrogens with two attached hydrogens (primary N) is 1. The minimum absolute atomic E-state index is 0.107. The minimum Gasteiger partial charge on any atom is -0.387 e. The van der Waals surface area contributed by atoms with Crippen LogP contribution < -0.4 is 5.73 Å². The molecule has 0 saturated carbocycles. The van der Waals surface area contributed by atoms with Crippen molar-refractivity contribution in [2.75, 3.05) is 26.2 Å². The van der Waals surface area contributed by atoms with Gasteiger partial charge in [0.1, 0.15) is 0 Å². The van der Waals surface area contributed by atoms with Gasteiger partial charge in [-0.15, -0.1) is 0 Å². The third-order valence-electron chi connectivity index (χ3n) is 4.04. The fraction of sp³-hybridized carbons (Fsp3) is 0.917. The van der Waals surface area contributed by atoms with Crippen LogP contribution in [0.2, 0.25) is 0 Å². The van der Waals surface area contributed by atoms with Crippen LogP contribution in [0.5, 0.6) is 0 Å². The molecule has 0 radical (unpaired) electrons. The fourth-order valence-electron chi connectivity index (χ4n) is 2.84. The summed E-state index contributed by atoms with van der Waals surface area (Å²) in [6.07, 6.45) is 5.73. The summed E-state index contributed by atoms with van der Waals surface area (Å²) in [7, 11) is -3.36. The van der Waals surface area contributed by atoms with Crippen molar-refractivity contribution in [3.05, 3.63) is 0 Å². The Labute approximate surface area is 115 Å². The first kappa shape index (κ1) is 14.7. The first-order valence-corrected chi connectivity index (χ1v) is 8.50. The molecule has 6 nitrogen and oxygen atoms in total. The van der Waals surface area contributed by atoms with Crippen molar-refractivity contribution in [1.29, 1.82) is 5.41 Å². The molecule has 19 heavy (non-hydrogen) atoms. The Balaban J connectivity index is 2.07. The largest absolute Gasteiger partial charge is 0.387 e. The molecule has 2 aliphatic rings. The first-order chi connectivity index (χ1) is 9.01. The summed E-state index contributed by atoms with van der Waals surface area (Å²) >= 11 is 0. The number of nitrogens with zero attached hydrogens (tertiary/aromatic N) is 2. The van der Waals surface area contributed by atoms with Crippen molar-refractivity contribution < 1.29 is 8.42 Å². The Morgan fingerprint density at radius 1 is 1.00 bits per heavy atom. The molecule has 1 atom stereocenters.